The number of aliphatic hydroxyl groups excluding tert-OH is 1. The monoisotopic (exact) mass is 188 g/mol. The maximum absolute atomic E-state index is 10.9. The quantitative estimate of drug-likeness (QED) is 0.510. The van der Waals surface area contributed by atoms with Crippen LogP contribution >= 0.6 is 0 Å². The molecular weight excluding hydrogens is 168 g/mol. The van der Waals surface area contributed by atoms with Gasteiger partial charge in [-0.25, -0.2) is 0 Å². The van der Waals surface area contributed by atoms with Gasteiger partial charge in [-0.2, -0.15) is 0 Å². The highest BCUT2D eigenvalue weighted by molar-refractivity contribution is 5.69. The zero-order valence-electron chi connectivity index (χ0n) is 8.75. The number of esters is 1. The van der Waals surface area contributed by atoms with Crippen molar-refractivity contribution in [2.45, 2.75) is 46.1 Å². The Bertz CT molecular complexity index is 141. The largest absolute Gasteiger partial charge is 0.466 e. The summed E-state index contributed by atoms with van der Waals surface area (Å²) in [7, 11) is 0. The molecule has 0 bridgehead atoms. The highest BCUT2D eigenvalue weighted by Crippen LogP contribution is 2.03. The molecule has 3 heteroatoms. The third-order valence-electron chi connectivity index (χ3n) is 1.65. The van der Waals surface area contributed by atoms with Crippen LogP contribution in [0.4, 0.5) is 0 Å². The molecule has 0 aliphatic carbocycles. The molecule has 1 atom stereocenters. The Kier molecular flexibility index (Phi) is 6.59. The molecule has 0 rings (SSSR count). The lowest BCUT2D eigenvalue weighted by atomic mass is 10.1. The van der Waals surface area contributed by atoms with Crippen molar-refractivity contribution in [3.8, 4) is 0 Å². The second-order valence-electron chi connectivity index (χ2n) is 3.81. The molecule has 0 aliphatic heterocycles. The third-order valence-corrected chi connectivity index (χ3v) is 1.65. The number of carbonyl (C=O) groups excluding carboxylic acids is 1. The molecule has 0 aromatic heterocycles. The minimum Gasteiger partial charge on any atom is -0.466 e. The van der Waals surface area contributed by atoms with Crippen LogP contribution in [0.15, 0.2) is 0 Å². The van der Waals surface area contributed by atoms with E-state index in [1.807, 2.05) is 0 Å². The molecule has 1 N–H and O–H groups in total. The maximum atomic E-state index is 10.9. The van der Waals surface area contributed by atoms with Gasteiger partial charge in [-0.3, -0.25) is 4.79 Å². The van der Waals surface area contributed by atoms with E-state index in [0.29, 0.717) is 12.5 Å². The second kappa shape index (κ2) is 6.89. The van der Waals surface area contributed by atoms with E-state index in [9.17, 15) is 4.79 Å². The van der Waals surface area contributed by atoms with Crippen LogP contribution in [-0.2, 0) is 9.53 Å². The first-order valence-corrected chi connectivity index (χ1v) is 4.86. The number of hydrogen-bond donors (Lipinski definition) is 1. The summed E-state index contributed by atoms with van der Waals surface area (Å²) in [6.45, 7) is 6.33. The van der Waals surface area contributed by atoms with E-state index in [1.165, 1.54) is 0 Å². The van der Waals surface area contributed by atoms with Crippen LogP contribution in [-0.4, -0.2) is 23.8 Å². The average Bonchev–Trinajstić information content (AvgIpc) is 1.96. The van der Waals surface area contributed by atoms with Crippen LogP contribution in [0.3, 0.4) is 0 Å². The van der Waals surface area contributed by atoms with Gasteiger partial charge in [0, 0.05) is 0 Å². The number of hydrogen-bond acceptors (Lipinski definition) is 3. The highest BCUT2D eigenvalue weighted by Gasteiger charge is 2.06. The van der Waals surface area contributed by atoms with Crippen molar-refractivity contribution in [2.75, 3.05) is 6.61 Å². The molecule has 78 valence electrons. The molecule has 0 saturated carbocycles. The fraction of sp³-hybridized carbons (Fsp3) is 0.900. The Morgan fingerprint density at radius 1 is 1.38 bits per heavy atom. The number of carbonyl (C=O) groups is 1. The molecule has 0 aromatic rings. The Labute approximate surface area is 80.1 Å². The van der Waals surface area contributed by atoms with E-state index in [-0.39, 0.29) is 12.4 Å². The Morgan fingerprint density at radius 3 is 2.46 bits per heavy atom. The minimum absolute atomic E-state index is 0.0989. The van der Waals surface area contributed by atoms with Crippen molar-refractivity contribution >= 4 is 5.97 Å². The normalized spacial score (nSPS) is 13.0. The van der Waals surface area contributed by atoms with Crippen LogP contribution in [0.1, 0.15) is 40.0 Å². The van der Waals surface area contributed by atoms with Crippen molar-refractivity contribution in [1.82, 2.24) is 0 Å². The molecule has 0 saturated heterocycles. The van der Waals surface area contributed by atoms with Gasteiger partial charge >= 0.3 is 5.97 Å². The zero-order chi connectivity index (χ0) is 10.3. The lowest BCUT2D eigenvalue weighted by Gasteiger charge is -2.07. The van der Waals surface area contributed by atoms with Gasteiger partial charge in [-0.05, 0) is 25.7 Å². The summed E-state index contributed by atoms with van der Waals surface area (Å²) < 4.78 is 4.90. The Balaban J connectivity index is 3.27. The summed E-state index contributed by atoms with van der Waals surface area (Å²) in [5.74, 6) is 0.342. The summed E-state index contributed by atoms with van der Waals surface area (Å²) in [6, 6.07) is 0. The van der Waals surface area contributed by atoms with Gasteiger partial charge in [0.05, 0.1) is 19.1 Å². The molecule has 0 amide bonds. The molecular formula is C10H20O3. The summed E-state index contributed by atoms with van der Waals surface area (Å²) in [5.41, 5.74) is 0. The van der Waals surface area contributed by atoms with Crippen LogP contribution in [0.5, 0.6) is 0 Å². The Hall–Kier alpha value is -0.570. The van der Waals surface area contributed by atoms with Crippen molar-refractivity contribution in [3.05, 3.63) is 0 Å². The summed E-state index contributed by atoms with van der Waals surface area (Å²) in [4.78, 5) is 10.9. The van der Waals surface area contributed by atoms with Gasteiger partial charge in [0.25, 0.3) is 0 Å². The number of aliphatic hydroxyl groups is 1. The molecule has 0 aromatic carbocycles. The lowest BCUT2D eigenvalue weighted by Crippen LogP contribution is -2.13. The molecule has 0 heterocycles. The van der Waals surface area contributed by atoms with E-state index in [4.69, 9.17) is 9.84 Å². The molecule has 0 spiro atoms. The van der Waals surface area contributed by atoms with Crippen LogP contribution in [0.2, 0.25) is 0 Å². The van der Waals surface area contributed by atoms with Crippen LogP contribution in [0.25, 0.3) is 0 Å². The first-order chi connectivity index (χ1) is 6.02. The van der Waals surface area contributed by atoms with E-state index >= 15 is 0 Å². The fourth-order valence-electron chi connectivity index (χ4n) is 0.978. The van der Waals surface area contributed by atoms with E-state index in [1.54, 1.807) is 6.92 Å². The van der Waals surface area contributed by atoms with Gasteiger partial charge < -0.3 is 9.84 Å². The SMILES string of the molecule is CC(C)CCCOC(=O)CC(C)O. The zero-order valence-corrected chi connectivity index (χ0v) is 8.75. The standard InChI is InChI=1S/C10H20O3/c1-8(2)5-4-6-13-10(12)7-9(3)11/h8-9,11H,4-7H2,1-3H3. The first kappa shape index (κ1) is 12.4. The minimum atomic E-state index is -0.599. The predicted octanol–water partition coefficient (Wildman–Crippen LogP) is 1.74. The van der Waals surface area contributed by atoms with Crippen molar-refractivity contribution in [1.29, 1.82) is 0 Å². The van der Waals surface area contributed by atoms with Crippen molar-refractivity contribution < 1.29 is 14.6 Å². The molecule has 0 aliphatic rings. The molecule has 1 unspecified atom stereocenters. The van der Waals surface area contributed by atoms with Gasteiger partial charge in [0.2, 0.25) is 0 Å². The smallest absolute Gasteiger partial charge is 0.308 e. The van der Waals surface area contributed by atoms with E-state index < -0.39 is 6.10 Å². The Morgan fingerprint density at radius 2 is 2.00 bits per heavy atom. The number of rotatable bonds is 6. The van der Waals surface area contributed by atoms with E-state index in [2.05, 4.69) is 13.8 Å². The average molecular weight is 188 g/mol. The van der Waals surface area contributed by atoms with Gasteiger partial charge in [0.15, 0.2) is 0 Å². The summed E-state index contributed by atoms with van der Waals surface area (Å²) >= 11 is 0. The van der Waals surface area contributed by atoms with Gasteiger partial charge in [0.1, 0.15) is 0 Å². The summed E-state index contributed by atoms with van der Waals surface area (Å²) in [5, 5.41) is 8.87. The summed E-state index contributed by atoms with van der Waals surface area (Å²) in [6.07, 6.45) is 1.48. The molecule has 13 heavy (non-hydrogen) atoms. The third kappa shape index (κ3) is 9.34. The van der Waals surface area contributed by atoms with Gasteiger partial charge in [-0.1, -0.05) is 13.8 Å². The topological polar surface area (TPSA) is 46.5 Å². The molecule has 0 radical (unpaired) electrons. The van der Waals surface area contributed by atoms with Crippen molar-refractivity contribution in [2.24, 2.45) is 5.92 Å². The van der Waals surface area contributed by atoms with Crippen LogP contribution in [0, 0.1) is 5.92 Å². The van der Waals surface area contributed by atoms with Gasteiger partial charge in [-0.15, -0.1) is 0 Å². The first-order valence-electron chi connectivity index (χ1n) is 4.86. The highest BCUT2D eigenvalue weighted by atomic mass is 16.5. The van der Waals surface area contributed by atoms with E-state index in [0.717, 1.165) is 12.8 Å². The molecule has 3 nitrogen and oxygen atoms in total. The second-order valence-corrected chi connectivity index (χ2v) is 3.81. The van der Waals surface area contributed by atoms with Crippen molar-refractivity contribution in [3.63, 3.8) is 0 Å². The molecule has 0 fully saturated rings. The number of ether oxygens (including phenoxy) is 1. The lowest BCUT2D eigenvalue weighted by molar-refractivity contribution is -0.145. The maximum Gasteiger partial charge on any atom is 0.308 e. The van der Waals surface area contributed by atoms with Crippen LogP contribution < -0.4 is 0 Å². The fourth-order valence-corrected chi connectivity index (χ4v) is 0.978. The predicted molar refractivity (Wildman–Crippen MR) is 51.3 cm³/mol.